The lowest BCUT2D eigenvalue weighted by Crippen LogP contribution is -2.49. The molecule has 21 heavy (non-hydrogen) atoms. The molecule has 0 spiro atoms. The molecule has 0 aromatic carbocycles. The second-order valence-corrected chi connectivity index (χ2v) is 4.84. The Hall–Kier alpha value is -2.58. The number of amides is 3. The first-order valence-corrected chi connectivity index (χ1v) is 6.58. The number of hydrogen-bond donors (Lipinski definition) is 5. The van der Waals surface area contributed by atoms with Gasteiger partial charge >= 0.3 is 12.0 Å². The van der Waals surface area contributed by atoms with Crippen molar-refractivity contribution in [3.8, 4) is 0 Å². The Morgan fingerprint density at radius 3 is 2.76 bits per heavy atom. The quantitative estimate of drug-likeness (QED) is 0.439. The van der Waals surface area contributed by atoms with Crippen LogP contribution in [0.4, 0.5) is 4.79 Å². The summed E-state index contributed by atoms with van der Waals surface area (Å²) in [6.07, 6.45) is 4.92. The van der Waals surface area contributed by atoms with Crippen LogP contribution in [0, 0.1) is 0 Å². The zero-order valence-electron chi connectivity index (χ0n) is 11.3. The van der Waals surface area contributed by atoms with E-state index in [2.05, 4.69) is 25.9 Å². The standard InChI is InChI=1S/C12H17N5O4/c18-10(16-7-1-2-7)5-14-12(21)17-9(11(19)20)3-8-4-13-6-15-8/h4,6-7,9H,1-3,5H2,(H,13,15)(H,16,18)(H,19,20)(H2,14,17,21)/t9-/m1/s1. The average molecular weight is 295 g/mol. The summed E-state index contributed by atoms with van der Waals surface area (Å²) in [4.78, 5) is 40.6. The van der Waals surface area contributed by atoms with E-state index in [1.165, 1.54) is 12.5 Å². The van der Waals surface area contributed by atoms with E-state index in [0.29, 0.717) is 5.69 Å². The van der Waals surface area contributed by atoms with Gasteiger partial charge in [0, 0.05) is 24.4 Å². The molecule has 9 heteroatoms. The number of nitrogens with zero attached hydrogens (tertiary/aromatic N) is 1. The highest BCUT2D eigenvalue weighted by atomic mass is 16.4. The summed E-state index contributed by atoms with van der Waals surface area (Å²) < 4.78 is 0. The van der Waals surface area contributed by atoms with Crippen LogP contribution in [0.3, 0.4) is 0 Å². The molecule has 0 saturated heterocycles. The number of aromatic amines is 1. The molecular formula is C12H17N5O4. The molecule has 1 heterocycles. The zero-order valence-corrected chi connectivity index (χ0v) is 11.3. The minimum atomic E-state index is -1.16. The molecule has 9 nitrogen and oxygen atoms in total. The van der Waals surface area contributed by atoms with Crippen LogP contribution in [0.5, 0.6) is 0 Å². The van der Waals surface area contributed by atoms with E-state index in [1.807, 2.05) is 0 Å². The van der Waals surface area contributed by atoms with E-state index in [4.69, 9.17) is 5.11 Å². The fourth-order valence-electron chi connectivity index (χ4n) is 1.69. The Bertz CT molecular complexity index is 512. The van der Waals surface area contributed by atoms with Crippen LogP contribution in [0.15, 0.2) is 12.5 Å². The molecule has 1 fully saturated rings. The van der Waals surface area contributed by atoms with Gasteiger partial charge in [0.15, 0.2) is 0 Å². The SMILES string of the molecule is O=C(CNC(=O)N[C@H](Cc1cnc[nH]1)C(=O)O)NC1CC1. The lowest BCUT2D eigenvalue weighted by molar-refractivity contribution is -0.139. The first-order chi connectivity index (χ1) is 10.0. The van der Waals surface area contributed by atoms with Crippen molar-refractivity contribution in [2.45, 2.75) is 31.3 Å². The number of urea groups is 1. The van der Waals surface area contributed by atoms with Gasteiger partial charge in [-0.25, -0.2) is 14.6 Å². The fourth-order valence-corrected chi connectivity index (χ4v) is 1.69. The lowest BCUT2D eigenvalue weighted by atomic mass is 10.2. The van der Waals surface area contributed by atoms with E-state index in [1.54, 1.807) is 0 Å². The van der Waals surface area contributed by atoms with Gasteiger partial charge in [0.2, 0.25) is 5.91 Å². The Morgan fingerprint density at radius 2 is 2.19 bits per heavy atom. The van der Waals surface area contributed by atoms with Crippen molar-refractivity contribution in [2.75, 3.05) is 6.54 Å². The van der Waals surface area contributed by atoms with Crippen LogP contribution in [-0.2, 0) is 16.0 Å². The lowest BCUT2D eigenvalue weighted by Gasteiger charge is -2.14. The molecule has 0 radical (unpaired) electrons. The first kappa shape index (κ1) is 14.8. The summed E-state index contributed by atoms with van der Waals surface area (Å²) in [6, 6.07) is -1.58. The van der Waals surface area contributed by atoms with Crippen molar-refractivity contribution in [3.05, 3.63) is 18.2 Å². The molecule has 1 saturated carbocycles. The van der Waals surface area contributed by atoms with E-state index in [9.17, 15) is 14.4 Å². The highest BCUT2D eigenvalue weighted by molar-refractivity contribution is 5.86. The Kier molecular flexibility index (Phi) is 4.75. The maximum atomic E-state index is 11.6. The van der Waals surface area contributed by atoms with Crippen molar-refractivity contribution in [1.82, 2.24) is 25.9 Å². The van der Waals surface area contributed by atoms with Gasteiger partial charge in [0.05, 0.1) is 12.9 Å². The number of H-pyrrole nitrogens is 1. The van der Waals surface area contributed by atoms with E-state index >= 15 is 0 Å². The van der Waals surface area contributed by atoms with Gasteiger partial charge in [0.25, 0.3) is 0 Å². The molecule has 5 N–H and O–H groups in total. The fraction of sp³-hybridized carbons (Fsp3) is 0.500. The number of rotatable bonds is 7. The van der Waals surface area contributed by atoms with Gasteiger partial charge in [-0.05, 0) is 12.8 Å². The number of carbonyl (C=O) groups excluding carboxylic acids is 2. The highest BCUT2D eigenvalue weighted by Crippen LogP contribution is 2.18. The van der Waals surface area contributed by atoms with Crippen molar-refractivity contribution in [1.29, 1.82) is 0 Å². The van der Waals surface area contributed by atoms with Crippen molar-refractivity contribution < 1.29 is 19.5 Å². The number of carboxylic acid groups (broad SMARTS) is 1. The second kappa shape index (κ2) is 6.73. The third-order valence-electron chi connectivity index (χ3n) is 2.93. The summed E-state index contributed by atoms with van der Waals surface area (Å²) in [5.74, 6) is -1.45. The van der Waals surface area contributed by atoms with Crippen LogP contribution in [-0.4, -0.2) is 51.6 Å². The molecule has 114 valence electrons. The predicted molar refractivity (Wildman–Crippen MR) is 71.4 cm³/mol. The van der Waals surface area contributed by atoms with Crippen molar-refractivity contribution in [2.24, 2.45) is 0 Å². The monoisotopic (exact) mass is 295 g/mol. The Balaban J connectivity index is 1.74. The van der Waals surface area contributed by atoms with Gasteiger partial charge in [-0.1, -0.05) is 0 Å². The molecule has 3 amide bonds. The van der Waals surface area contributed by atoms with E-state index in [-0.39, 0.29) is 24.9 Å². The third-order valence-corrected chi connectivity index (χ3v) is 2.93. The Labute approximate surface area is 120 Å². The highest BCUT2D eigenvalue weighted by Gasteiger charge is 2.24. The maximum absolute atomic E-state index is 11.6. The maximum Gasteiger partial charge on any atom is 0.326 e. The molecule has 1 aromatic rings. The normalized spacial score (nSPS) is 15.0. The van der Waals surface area contributed by atoms with E-state index < -0.39 is 18.0 Å². The molecule has 0 unspecified atom stereocenters. The molecule has 1 atom stereocenters. The van der Waals surface area contributed by atoms with Crippen LogP contribution < -0.4 is 16.0 Å². The van der Waals surface area contributed by atoms with Gasteiger partial charge in [0.1, 0.15) is 6.04 Å². The number of aliphatic carboxylic acids is 1. The van der Waals surface area contributed by atoms with E-state index in [0.717, 1.165) is 12.8 Å². The molecule has 0 bridgehead atoms. The summed E-state index contributed by atoms with van der Waals surface area (Å²) in [5.41, 5.74) is 0.592. The molecular weight excluding hydrogens is 278 g/mol. The van der Waals surface area contributed by atoms with Gasteiger partial charge in [-0.15, -0.1) is 0 Å². The number of nitrogens with one attached hydrogen (secondary N) is 4. The molecule has 1 aliphatic rings. The number of aromatic nitrogens is 2. The smallest absolute Gasteiger partial charge is 0.326 e. The third kappa shape index (κ3) is 5.13. The largest absolute Gasteiger partial charge is 0.480 e. The van der Waals surface area contributed by atoms with Crippen LogP contribution in [0.1, 0.15) is 18.5 Å². The predicted octanol–water partition coefficient (Wildman–Crippen LogP) is -1.02. The summed E-state index contributed by atoms with van der Waals surface area (Å²) in [7, 11) is 0. The van der Waals surface area contributed by atoms with Crippen molar-refractivity contribution in [3.63, 3.8) is 0 Å². The first-order valence-electron chi connectivity index (χ1n) is 6.58. The Morgan fingerprint density at radius 1 is 1.43 bits per heavy atom. The minimum absolute atomic E-state index is 0.0804. The molecule has 1 aliphatic carbocycles. The van der Waals surface area contributed by atoms with Crippen LogP contribution >= 0.6 is 0 Å². The minimum Gasteiger partial charge on any atom is -0.480 e. The zero-order chi connectivity index (χ0) is 15.2. The summed E-state index contributed by atoms with van der Waals surface area (Å²) in [5, 5.41) is 16.4. The topological polar surface area (TPSA) is 136 Å². The summed E-state index contributed by atoms with van der Waals surface area (Å²) >= 11 is 0. The van der Waals surface area contributed by atoms with Crippen LogP contribution in [0.25, 0.3) is 0 Å². The molecule has 2 rings (SSSR count). The average Bonchev–Trinajstić information content (AvgIpc) is 3.09. The number of carboxylic acids is 1. The van der Waals surface area contributed by atoms with Crippen molar-refractivity contribution >= 4 is 17.9 Å². The van der Waals surface area contributed by atoms with Crippen LogP contribution in [0.2, 0.25) is 0 Å². The second-order valence-electron chi connectivity index (χ2n) is 4.84. The van der Waals surface area contributed by atoms with Gasteiger partial charge in [-0.3, -0.25) is 4.79 Å². The molecule has 1 aromatic heterocycles. The number of carbonyl (C=O) groups is 3. The van der Waals surface area contributed by atoms with Gasteiger partial charge in [-0.2, -0.15) is 0 Å². The summed E-state index contributed by atoms with van der Waals surface area (Å²) in [6.45, 7) is -0.182. The number of hydrogen-bond acceptors (Lipinski definition) is 4. The van der Waals surface area contributed by atoms with Gasteiger partial charge < -0.3 is 26.0 Å². The molecule has 0 aliphatic heterocycles. The number of imidazole rings is 1.